The summed E-state index contributed by atoms with van der Waals surface area (Å²) in [4.78, 5) is 15.5. The third-order valence-electron chi connectivity index (χ3n) is 3.73. The second-order valence-corrected chi connectivity index (χ2v) is 5.46. The molecule has 7 heteroatoms. The van der Waals surface area contributed by atoms with Crippen LogP contribution in [0.25, 0.3) is 10.9 Å². The van der Waals surface area contributed by atoms with Gasteiger partial charge in [0.15, 0.2) is 0 Å². The van der Waals surface area contributed by atoms with Crippen LogP contribution in [0.4, 0.5) is 19.0 Å². The third-order valence-corrected chi connectivity index (χ3v) is 3.73. The number of nitrogens with one attached hydrogen (secondary N) is 1. The molecule has 3 rings (SSSR count). The lowest BCUT2D eigenvalue weighted by Crippen LogP contribution is -2.08. The average Bonchev–Trinajstić information content (AvgIpc) is 2.96. The number of rotatable bonds is 4. The Labute approximate surface area is 141 Å². The second kappa shape index (κ2) is 6.43. The van der Waals surface area contributed by atoms with Gasteiger partial charge in [-0.25, -0.2) is 4.98 Å². The first-order valence-corrected chi connectivity index (χ1v) is 7.41. The summed E-state index contributed by atoms with van der Waals surface area (Å²) in [5, 5.41) is 3.44. The van der Waals surface area contributed by atoms with Gasteiger partial charge >= 0.3 is 6.18 Å². The van der Waals surface area contributed by atoms with E-state index in [0.717, 1.165) is 34.7 Å². The molecule has 0 fully saturated rings. The van der Waals surface area contributed by atoms with E-state index in [2.05, 4.69) is 16.9 Å². The number of carbonyl (C=O) groups excluding carboxylic acids is 1. The Morgan fingerprint density at radius 1 is 1.24 bits per heavy atom. The van der Waals surface area contributed by atoms with Gasteiger partial charge in [-0.3, -0.25) is 4.79 Å². The summed E-state index contributed by atoms with van der Waals surface area (Å²) < 4.78 is 39.7. The fourth-order valence-corrected chi connectivity index (χ4v) is 2.47. The van der Waals surface area contributed by atoms with E-state index < -0.39 is 11.7 Å². The Morgan fingerprint density at radius 2 is 1.96 bits per heavy atom. The van der Waals surface area contributed by atoms with Crippen molar-refractivity contribution in [2.45, 2.75) is 12.7 Å². The number of pyridine rings is 1. The molecule has 1 N–H and O–H groups in total. The zero-order valence-corrected chi connectivity index (χ0v) is 13.0. The van der Waals surface area contributed by atoms with Crippen molar-refractivity contribution in [2.75, 3.05) is 5.32 Å². The average molecular weight is 345 g/mol. The van der Waals surface area contributed by atoms with Crippen molar-refractivity contribution in [3.63, 3.8) is 0 Å². The molecule has 25 heavy (non-hydrogen) atoms. The summed E-state index contributed by atoms with van der Waals surface area (Å²) in [6.45, 7) is 3.80. The van der Waals surface area contributed by atoms with Crippen LogP contribution in [0.1, 0.15) is 11.1 Å². The highest BCUT2D eigenvalue weighted by molar-refractivity contribution is 5.99. The van der Waals surface area contributed by atoms with Gasteiger partial charge in [0, 0.05) is 18.1 Å². The van der Waals surface area contributed by atoms with Crippen LogP contribution in [0.2, 0.25) is 0 Å². The van der Waals surface area contributed by atoms with Gasteiger partial charge in [-0.15, -0.1) is 0 Å². The molecule has 1 amide bonds. The Kier molecular flexibility index (Phi) is 4.31. The van der Waals surface area contributed by atoms with Gasteiger partial charge in [-0.2, -0.15) is 13.2 Å². The van der Waals surface area contributed by atoms with Crippen molar-refractivity contribution in [2.24, 2.45) is 0 Å². The van der Waals surface area contributed by atoms with Crippen molar-refractivity contribution in [1.82, 2.24) is 9.55 Å². The molecular formula is C18H14F3N3O. The topological polar surface area (TPSA) is 46.9 Å². The maximum Gasteiger partial charge on any atom is 0.416 e. The molecule has 0 aliphatic heterocycles. The number of alkyl halides is 3. The van der Waals surface area contributed by atoms with Gasteiger partial charge in [0.25, 0.3) is 0 Å². The molecule has 2 aromatic heterocycles. The third kappa shape index (κ3) is 3.71. The largest absolute Gasteiger partial charge is 0.416 e. The quantitative estimate of drug-likeness (QED) is 0.720. The normalized spacial score (nSPS) is 11.5. The summed E-state index contributed by atoms with van der Waals surface area (Å²) in [5.41, 5.74) is 0.893. The highest BCUT2D eigenvalue weighted by Crippen LogP contribution is 2.29. The van der Waals surface area contributed by atoms with Crippen molar-refractivity contribution in [3.8, 4) is 0 Å². The number of halogens is 3. The van der Waals surface area contributed by atoms with Crippen LogP contribution >= 0.6 is 0 Å². The van der Waals surface area contributed by atoms with Crippen LogP contribution in [0.3, 0.4) is 0 Å². The lowest BCUT2D eigenvalue weighted by molar-refractivity contribution is -0.137. The molecule has 0 unspecified atom stereocenters. The Hall–Kier alpha value is -3.09. The summed E-state index contributed by atoms with van der Waals surface area (Å²) in [5.74, 6) is 0.0562. The smallest absolute Gasteiger partial charge is 0.342 e. The number of fused-ring (bicyclic) bond motifs is 1. The minimum Gasteiger partial charge on any atom is -0.342 e. The standard InChI is InChI=1S/C18H14F3N3O/c1-2-17(25)23-16-9-13-7-8-24(15(13)10-22-16)11-12-3-5-14(6-4-12)18(19,20)21/h2-10H,1,11H2,(H,22,23,25). The minimum atomic E-state index is -4.34. The molecule has 0 aliphatic carbocycles. The molecule has 0 radical (unpaired) electrons. The number of carbonyl (C=O) groups is 1. The highest BCUT2D eigenvalue weighted by Gasteiger charge is 2.29. The molecule has 128 valence electrons. The van der Waals surface area contributed by atoms with Gasteiger partial charge in [0.2, 0.25) is 5.91 Å². The number of hydrogen-bond acceptors (Lipinski definition) is 2. The lowest BCUT2D eigenvalue weighted by atomic mass is 10.1. The molecule has 4 nitrogen and oxygen atoms in total. The molecule has 3 aromatic rings. The van der Waals surface area contributed by atoms with Crippen LogP contribution < -0.4 is 5.32 Å². The summed E-state index contributed by atoms with van der Waals surface area (Å²) in [6, 6.07) is 8.64. The van der Waals surface area contributed by atoms with Crippen LogP contribution in [0, 0.1) is 0 Å². The number of nitrogens with zero attached hydrogens (tertiary/aromatic N) is 2. The fraction of sp³-hybridized carbons (Fsp3) is 0.111. The molecule has 0 spiro atoms. The van der Waals surface area contributed by atoms with E-state index in [9.17, 15) is 18.0 Å². The molecule has 2 heterocycles. The first-order chi connectivity index (χ1) is 11.9. The molecular weight excluding hydrogens is 331 g/mol. The molecule has 0 aliphatic rings. The lowest BCUT2D eigenvalue weighted by Gasteiger charge is -2.09. The van der Waals surface area contributed by atoms with E-state index in [1.54, 1.807) is 12.3 Å². The number of aromatic nitrogens is 2. The van der Waals surface area contributed by atoms with Crippen LogP contribution in [-0.4, -0.2) is 15.5 Å². The van der Waals surface area contributed by atoms with Crippen LogP contribution in [0.15, 0.2) is 61.4 Å². The van der Waals surface area contributed by atoms with Crippen LogP contribution in [-0.2, 0) is 17.5 Å². The van der Waals surface area contributed by atoms with Gasteiger partial charge in [-0.1, -0.05) is 18.7 Å². The van der Waals surface area contributed by atoms with E-state index in [1.165, 1.54) is 12.1 Å². The van der Waals surface area contributed by atoms with Crippen molar-refractivity contribution in [1.29, 1.82) is 0 Å². The predicted molar refractivity (Wildman–Crippen MR) is 89.1 cm³/mol. The molecule has 0 saturated carbocycles. The zero-order chi connectivity index (χ0) is 18.0. The zero-order valence-electron chi connectivity index (χ0n) is 13.0. The Balaban J connectivity index is 1.82. The molecule has 0 saturated heterocycles. The Bertz CT molecular complexity index is 927. The fourth-order valence-electron chi connectivity index (χ4n) is 2.47. The van der Waals surface area contributed by atoms with Crippen molar-refractivity contribution in [3.05, 3.63) is 72.6 Å². The number of anilines is 1. The summed E-state index contributed by atoms with van der Waals surface area (Å²) >= 11 is 0. The van der Waals surface area contributed by atoms with E-state index in [-0.39, 0.29) is 5.91 Å². The number of hydrogen-bond donors (Lipinski definition) is 1. The van der Waals surface area contributed by atoms with E-state index in [1.807, 2.05) is 16.8 Å². The molecule has 1 aromatic carbocycles. The van der Waals surface area contributed by atoms with Crippen molar-refractivity contribution < 1.29 is 18.0 Å². The maximum atomic E-state index is 12.6. The monoisotopic (exact) mass is 345 g/mol. The molecule has 0 atom stereocenters. The maximum absolute atomic E-state index is 12.6. The summed E-state index contributed by atoms with van der Waals surface area (Å²) in [7, 11) is 0. The van der Waals surface area contributed by atoms with Gasteiger partial charge in [-0.05, 0) is 35.9 Å². The van der Waals surface area contributed by atoms with Gasteiger partial charge in [0.05, 0.1) is 17.3 Å². The highest BCUT2D eigenvalue weighted by atomic mass is 19.4. The predicted octanol–water partition coefficient (Wildman–Crippen LogP) is 4.23. The van der Waals surface area contributed by atoms with Gasteiger partial charge in [0.1, 0.15) is 5.82 Å². The SMILES string of the molecule is C=CC(=O)Nc1cc2ccn(Cc3ccc(C(F)(F)F)cc3)c2cn1. The second-order valence-electron chi connectivity index (χ2n) is 5.46. The summed E-state index contributed by atoms with van der Waals surface area (Å²) in [6.07, 6.45) is 0.248. The van der Waals surface area contributed by atoms with Crippen molar-refractivity contribution >= 4 is 22.6 Å². The van der Waals surface area contributed by atoms with E-state index in [0.29, 0.717) is 12.4 Å². The first-order valence-electron chi connectivity index (χ1n) is 7.41. The number of amides is 1. The Morgan fingerprint density at radius 3 is 2.60 bits per heavy atom. The minimum absolute atomic E-state index is 0.351. The van der Waals surface area contributed by atoms with E-state index in [4.69, 9.17) is 0 Å². The number of benzene rings is 1. The van der Waals surface area contributed by atoms with E-state index >= 15 is 0 Å². The van der Waals surface area contributed by atoms with Gasteiger partial charge < -0.3 is 9.88 Å². The molecule has 0 bridgehead atoms. The first kappa shape index (κ1) is 16.8. The van der Waals surface area contributed by atoms with Crippen LogP contribution in [0.5, 0.6) is 0 Å².